The fraction of sp³-hybridized carbons (Fsp3) is 0.238. The number of nitrogens with one attached hydrogen (secondary N) is 3. The van der Waals surface area contributed by atoms with Crippen molar-refractivity contribution in [3.63, 3.8) is 0 Å². The van der Waals surface area contributed by atoms with Crippen LogP contribution >= 0.6 is 12.2 Å². The normalized spacial score (nSPS) is 13.1. The molecule has 0 saturated carbocycles. The summed E-state index contributed by atoms with van der Waals surface area (Å²) in [5.74, 6) is 0. The van der Waals surface area contributed by atoms with Gasteiger partial charge < -0.3 is 5.32 Å². The van der Waals surface area contributed by atoms with E-state index in [0.29, 0.717) is 11.7 Å². The van der Waals surface area contributed by atoms with Gasteiger partial charge in [0.05, 0.1) is 11.2 Å². The highest BCUT2D eigenvalue weighted by atomic mass is 32.1. The quantitative estimate of drug-likeness (QED) is 0.482. The summed E-state index contributed by atoms with van der Waals surface area (Å²) in [4.78, 5) is 4.86. The Bertz CT molecular complexity index is 924. The molecule has 0 unspecified atom stereocenters. The number of aromatic nitrogens is 1. The lowest BCUT2D eigenvalue weighted by molar-refractivity contribution is 0.671. The van der Waals surface area contributed by atoms with Gasteiger partial charge in [0.2, 0.25) is 0 Å². The van der Waals surface area contributed by atoms with Crippen molar-refractivity contribution in [3.8, 4) is 0 Å². The van der Waals surface area contributed by atoms with Gasteiger partial charge in [0, 0.05) is 17.6 Å². The first-order valence-electron chi connectivity index (χ1n) is 9.05. The van der Waals surface area contributed by atoms with E-state index in [0.717, 1.165) is 29.4 Å². The fourth-order valence-electron chi connectivity index (χ4n) is 3.46. The van der Waals surface area contributed by atoms with E-state index in [9.17, 15) is 0 Å². The number of para-hydroxylation sites is 1. The Morgan fingerprint density at radius 1 is 0.962 bits per heavy atom. The van der Waals surface area contributed by atoms with E-state index in [-0.39, 0.29) is 0 Å². The first kappa shape index (κ1) is 16.8. The Hall–Kier alpha value is -2.66. The highest BCUT2D eigenvalue weighted by Gasteiger charge is 2.18. The van der Waals surface area contributed by atoms with Crippen LogP contribution in [0.15, 0.2) is 54.6 Å². The lowest BCUT2D eigenvalue weighted by Crippen LogP contribution is -2.38. The van der Waals surface area contributed by atoms with Gasteiger partial charge in [-0.25, -0.2) is 0 Å². The van der Waals surface area contributed by atoms with Crippen molar-refractivity contribution in [2.45, 2.75) is 32.2 Å². The lowest BCUT2D eigenvalue weighted by atomic mass is 9.93. The Labute approximate surface area is 159 Å². The molecule has 1 aliphatic carbocycles. The average Bonchev–Trinajstić information content (AvgIpc) is 2.70. The van der Waals surface area contributed by atoms with Crippen LogP contribution in [0, 0.1) is 0 Å². The van der Waals surface area contributed by atoms with Gasteiger partial charge in [-0.15, -0.1) is 0 Å². The predicted molar refractivity (Wildman–Crippen MR) is 111 cm³/mol. The van der Waals surface area contributed by atoms with E-state index in [4.69, 9.17) is 17.2 Å². The zero-order valence-electron chi connectivity index (χ0n) is 14.6. The maximum Gasteiger partial charge on any atom is 0.185 e. The molecule has 2 aromatic carbocycles. The van der Waals surface area contributed by atoms with Gasteiger partial charge in [0.1, 0.15) is 0 Å². The summed E-state index contributed by atoms with van der Waals surface area (Å²) < 4.78 is 0. The molecule has 0 amide bonds. The van der Waals surface area contributed by atoms with Crippen molar-refractivity contribution < 1.29 is 0 Å². The number of benzene rings is 2. The minimum atomic E-state index is 0.583. The molecule has 3 N–H and O–H groups in total. The molecule has 0 aliphatic heterocycles. The lowest BCUT2D eigenvalue weighted by Gasteiger charge is -2.22. The SMILES string of the molecule is S=C(NCc1ccccc1)NNc1c2c(nc3ccccc13)CCCC2. The number of fused-ring (bicyclic) bond motifs is 2. The third kappa shape index (κ3) is 3.63. The van der Waals surface area contributed by atoms with Crippen LogP contribution in [0.1, 0.15) is 29.7 Å². The van der Waals surface area contributed by atoms with Crippen LogP contribution in [0.3, 0.4) is 0 Å². The number of nitrogens with zero attached hydrogens (tertiary/aromatic N) is 1. The number of hydrogen-bond acceptors (Lipinski definition) is 3. The first-order chi connectivity index (χ1) is 12.8. The largest absolute Gasteiger partial charge is 0.357 e. The van der Waals surface area contributed by atoms with E-state index in [2.05, 4.69) is 46.5 Å². The van der Waals surface area contributed by atoms with E-state index >= 15 is 0 Å². The van der Waals surface area contributed by atoms with E-state index in [1.54, 1.807) is 0 Å². The first-order valence-corrected chi connectivity index (χ1v) is 9.46. The minimum Gasteiger partial charge on any atom is -0.357 e. The Kier molecular flexibility index (Phi) is 4.97. The van der Waals surface area contributed by atoms with Gasteiger partial charge in [0.25, 0.3) is 0 Å². The number of thiocarbonyl (C=S) groups is 1. The Morgan fingerprint density at radius 3 is 2.62 bits per heavy atom. The maximum atomic E-state index is 5.43. The molecule has 26 heavy (non-hydrogen) atoms. The highest BCUT2D eigenvalue weighted by Crippen LogP contribution is 2.32. The highest BCUT2D eigenvalue weighted by molar-refractivity contribution is 7.80. The molecule has 4 rings (SSSR count). The molecule has 0 saturated heterocycles. The molecule has 5 heteroatoms. The topological polar surface area (TPSA) is 49.0 Å². The molecule has 0 radical (unpaired) electrons. The van der Waals surface area contributed by atoms with Gasteiger partial charge in [-0.2, -0.15) is 0 Å². The second-order valence-electron chi connectivity index (χ2n) is 6.55. The summed E-state index contributed by atoms with van der Waals surface area (Å²) in [6, 6.07) is 18.5. The van der Waals surface area contributed by atoms with Gasteiger partial charge in [-0.05, 0) is 55.1 Å². The number of rotatable bonds is 4. The molecule has 3 aromatic rings. The van der Waals surface area contributed by atoms with Crippen molar-refractivity contribution in [2.24, 2.45) is 0 Å². The van der Waals surface area contributed by atoms with Crippen LogP contribution in [-0.4, -0.2) is 10.1 Å². The van der Waals surface area contributed by atoms with Crippen molar-refractivity contribution in [3.05, 3.63) is 71.4 Å². The summed E-state index contributed by atoms with van der Waals surface area (Å²) >= 11 is 5.43. The van der Waals surface area contributed by atoms with Crippen LogP contribution < -0.4 is 16.2 Å². The van der Waals surface area contributed by atoms with Crippen molar-refractivity contribution >= 4 is 33.9 Å². The van der Waals surface area contributed by atoms with Crippen LogP contribution in [-0.2, 0) is 19.4 Å². The molecule has 0 bridgehead atoms. The number of hydrazine groups is 1. The number of aryl methyl sites for hydroxylation is 1. The summed E-state index contributed by atoms with van der Waals surface area (Å²) in [5, 5.41) is 4.95. The number of anilines is 1. The smallest absolute Gasteiger partial charge is 0.185 e. The van der Waals surface area contributed by atoms with Gasteiger partial charge in [-0.1, -0.05) is 48.5 Å². The third-order valence-corrected chi connectivity index (χ3v) is 5.01. The molecule has 1 aliphatic rings. The zero-order valence-corrected chi connectivity index (χ0v) is 15.4. The van der Waals surface area contributed by atoms with Gasteiger partial charge in [-0.3, -0.25) is 15.8 Å². The molecule has 1 heterocycles. The molecule has 1 aromatic heterocycles. The number of pyridine rings is 1. The van der Waals surface area contributed by atoms with Crippen LogP contribution in [0.25, 0.3) is 10.9 Å². The van der Waals surface area contributed by atoms with Crippen LogP contribution in [0.2, 0.25) is 0 Å². The maximum absolute atomic E-state index is 5.43. The summed E-state index contributed by atoms with van der Waals surface area (Å²) in [6.07, 6.45) is 4.52. The van der Waals surface area contributed by atoms with Crippen molar-refractivity contribution in [1.82, 2.24) is 15.7 Å². The summed E-state index contributed by atoms with van der Waals surface area (Å²) in [7, 11) is 0. The average molecular weight is 363 g/mol. The monoisotopic (exact) mass is 362 g/mol. The summed E-state index contributed by atoms with van der Waals surface area (Å²) in [5.41, 5.74) is 12.4. The molecule has 0 atom stereocenters. The van der Waals surface area contributed by atoms with E-state index in [1.165, 1.54) is 29.7 Å². The third-order valence-electron chi connectivity index (χ3n) is 4.77. The molecular formula is C21H22N4S. The second kappa shape index (κ2) is 7.70. The van der Waals surface area contributed by atoms with Crippen LogP contribution in [0.5, 0.6) is 0 Å². The van der Waals surface area contributed by atoms with Crippen molar-refractivity contribution in [2.75, 3.05) is 5.43 Å². The Morgan fingerprint density at radius 2 is 1.73 bits per heavy atom. The van der Waals surface area contributed by atoms with Gasteiger partial charge >= 0.3 is 0 Å². The summed E-state index contributed by atoms with van der Waals surface area (Å²) in [6.45, 7) is 0.698. The fourth-order valence-corrected chi connectivity index (χ4v) is 3.58. The molecular weight excluding hydrogens is 340 g/mol. The Balaban J connectivity index is 1.50. The molecule has 132 valence electrons. The minimum absolute atomic E-state index is 0.583. The zero-order chi connectivity index (χ0) is 17.8. The molecule has 0 spiro atoms. The molecule has 0 fully saturated rings. The van der Waals surface area contributed by atoms with Crippen LogP contribution in [0.4, 0.5) is 5.69 Å². The standard InChI is InChI=1S/C21H22N4S/c26-21(22-14-15-8-2-1-3-9-15)25-24-20-16-10-4-6-12-18(16)23-19-13-7-5-11-17(19)20/h1-4,6,8-10,12H,5,7,11,13-14H2,(H,23,24)(H2,22,25,26). The molecule has 4 nitrogen and oxygen atoms in total. The van der Waals surface area contributed by atoms with Crippen molar-refractivity contribution in [1.29, 1.82) is 0 Å². The predicted octanol–water partition coefficient (Wildman–Crippen LogP) is 4.10. The van der Waals surface area contributed by atoms with E-state index < -0.39 is 0 Å². The van der Waals surface area contributed by atoms with E-state index in [1.807, 2.05) is 24.3 Å². The number of hydrogen-bond donors (Lipinski definition) is 3. The second-order valence-corrected chi connectivity index (χ2v) is 6.96. The van der Waals surface area contributed by atoms with Gasteiger partial charge in [0.15, 0.2) is 5.11 Å².